The number of aromatic nitrogens is 4. The van der Waals surface area contributed by atoms with Crippen molar-refractivity contribution in [2.24, 2.45) is 7.05 Å². The molecule has 0 saturated carbocycles. The van der Waals surface area contributed by atoms with Gasteiger partial charge in [0.05, 0.1) is 24.0 Å². The summed E-state index contributed by atoms with van der Waals surface area (Å²) in [7, 11) is 3.46. The van der Waals surface area contributed by atoms with Crippen molar-refractivity contribution < 1.29 is 23.7 Å². The van der Waals surface area contributed by atoms with Gasteiger partial charge in [-0.2, -0.15) is 5.10 Å². The predicted molar refractivity (Wildman–Crippen MR) is 139 cm³/mol. The van der Waals surface area contributed by atoms with E-state index < -0.39 is 5.60 Å². The molecule has 1 atom stereocenters. The molecule has 194 valence electrons. The Balaban J connectivity index is 1.35. The van der Waals surface area contributed by atoms with Gasteiger partial charge in [0.15, 0.2) is 12.4 Å². The van der Waals surface area contributed by atoms with Crippen LogP contribution >= 0.6 is 0 Å². The van der Waals surface area contributed by atoms with Crippen molar-refractivity contribution >= 4 is 28.0 Å². The van der Waals surface area contributed by atoms with Crippen LogP contribution in [-0.2, 0) is 16.5 Å². The SMILES string of the molecule is COCOc1cc2nn(C)cc2cc1-c1ccc2cc(O[C@@H]3CCN(C(=O)OC(C)(C)C)C3)cnc2n1. The van der Waals surface area contributed by atoms with Crippen molar-refractivity contribution in [1.82, 2.24) is 24.6 Å². The number of hydrogen-bond acceptors (Lipinski definition) is 8. The Hall–Kier alpha value is -3.92. The number of ether oxygens (including phenoxy) is 4. The van der Waals surface area contributed by atoms with Gasteiger partial charge in [0.1, 0.15) is 23.2 Å². The molecular formula is C27H31N5O5. The van der Waals surface area contributed by atoms with Gasteiger partial charge in [-0.15, -0.1) is 0 Å². The maximum atomic E-state index is 12.3. The van der Waals surface area contributed by atoms with Gasteiger partial charge in [-0.25, -0.2) is 14.8 Å². The summed E-state index contributed by atoms with van der Waals surface area (Å²) in [6.07, 6.45) is 3.92. The highest BCUT2D eigenvalue weighted by Crippen LogP contribution is 2.34. The lowest BCUT2D eigenvalue weighted by Crippen LogP contribution is -2.36. The van der Waals surface area contributed by atoms with Crippen molar-refractivity contribution in [1.29, 1.82) is 0 Å². The van der Waals surface area contributed by atoms with E-state index in [9.17, 15) is 4.79 Å². The molecule has 1 aliphatic rings. The molecule has 0 unspecified atom stereocenters. The highest BCUT2D eigenvalue weighted by atomic mass is 16.7. The number of pyridine rings is 2. The fourth-order valence-electron chi connectivity index (χ4n) is 4.33. The van der Waals surface area contributed by atoms with Crippen molar-refractivity contribution in [3.8, 4) is 22.8 Å². The monoisotopic (exact) mass is 505 g/mol. The van der Waals surface area contributed by atoms with Gasteiger partial charge in [0.2, 0.25) is 0 Å². The number of methoxy groups -OCH3 is 1. The molecule has 1 saturated heterocycles. The third kappa shape index (κ3) is 5.59. The summed E-state index contributed by atoms with van der Waals surface area (Å²) in [5.41, 5.74) is 2.46. The summed E-state index contributed by atoms with van der Waals surface area (Å²) in [4.78, 5) is 23.4. The molecule has 0 bridgehead atoms. The molecule has 1 aromatic carbocycles. The highest BCUT2D eigenvalue weighted by Gasteiger charge is 2.31. The number of rotatable bonds is 6. The number of carbonyl (C=O) groups excluding carboxylic acids is 1. The van der Waals surface area contributed by atoms with Crippen LogP contribution in [0.5, 0.6) is 11.5 Å². The van der Waals surface area contributed by atoms with E-state index in [2.05, 4.69) is 10.1 Å². The van der Waals surface area contributed by atoms with E-state index in [-0.39, 0.29) is 19.0 Å². The molecule has 1 fully saturated rings. The van der Waals surface area contributed by atoms with Crippen LogP contribution in [0.3, 0.4) is 0 Å². The summed E-state index contributed by atoms with van der Waals surface area (Å²) in [5.74, 6) is 1.27. The fraction of sp³-hybridized carbons (Fsp3) is 0.407. The molecule has 5 rings (SSSR count). The van der Waals surface area contributed by atoms with E-state index in [1.54, 1.807) is 22.9 Å². The van der Waals surface area contributed by atoms with Gasteiger partial charge < -0.3 is 23.8 Å². The third-order valence-electron chi connectivity index (χ3n) is 5.95. The second-order valence-corrected chi connectivity index (χ2v) is 10.1. The zero-order valence-electron chi connectivity index (χ0n) is 21.7. The molecule has 37 heavy (non-hydrogen) atoms. The molecule has 10 heteroatoms. The Kier molecular flexibility index (Phi) is 6.59. The Labute approximate surface area is 215 Å². The molecule has 10 nitrogen and oxygen atoms in total. The first-order chi connectivity index (χ1) is 17.7. The topological polar surface area (TPSA) is 101 Å². The minimum atomic E-state index is -0.523. The molecule has 0 spiro atoms. The average Bonchev–Trinajstić information content (AvgIpc) is 3.46. The zero-order valence-corrected chi connectivity index (χ0v) is 21.7. The molecule has 0 radical (unpaired) electrons. The zero-order chi connectivity index (χ0) is 26.2. The summed E-state index contributed by atoms with van der Waals surface area (Å²) in [6, 6.07) is 9.72. The lowest BCUT2D eigenvalue weighted by molar-refractivity contribution is 0.0275. The van der Waals surface area contributed by atoms with Crippen LogP contribution < -0.4 is 9.47 Å². The maximum Gasteiger partial charge on any atom is 0.410 e. The third-order valence-corrected chi connectivity index (χ3v) is 5.95. The van der Waals surface area contributed by atoms with Gasteiger partial charge in [-0.3, -0.25) is 4.68 Å². The number of aryl methyl sites for hydroxylation is 1. The van der Waals surface area contributed by atoms with E-state index in [0.717, 1.165) is 34.0 Å². The summed E-state index contributed by atoms with van der Waals surface area (Å²) in [5, 5.41) is 6.30. The van der Waals surface area contributed by atoms with Crippen LogP contribution in [0.2, 0.25) is 0 Å². The minimum Gasteiger partial charge on any atom is -0.487 e. The van der Waals surface area contributed by atoms with E-state index in [1.165, 1.54) is 0 Å². The van der Waals surface area contributed by atoms with E-state index in [4.69, 9.17) is 23.9 Å². The minimum absolute atomic E-state index is 0.115. The predicted octanol–water partition coefficient (Wildman–Crippen LogP) is 4.55. The van der Waals surface area contributed by atoms with Gasteiger partial charge in [-0.1, -0.05) is 0 Å². The quantitative estimate of drug-likeness (QED) is 0.352. The molecule has 0 aliphatic carbocycles. The van der Waals surface area contributed by atoms with Crippen LogP contribution in [0.25, 0.3) is 33.2 Å². The van der Waals surface area contributed by atoms with Gasteiger partial charge in [-0.05, 0) is 45.0 Å². The van der Waals surface area contributed by atoms with Gasteiger partial charge in [0, 0.05) is 55.7 Å². The maximum absolute atomic E-state index is 12.3. The summed E-state index contributed by atoms with van der Waals surface area (Å²) >= 11 is 0. The van der Waals surface area contributed by atoms with Crippen LogP contribution in [-0.4, -0.2) is 69.4 Å². The smallest absolute Gasteiger partial charge is 0.410 e. The number of benzene rings is 1. The number of amides is 1. The number of fused-ring (bicyclic) bond motifs is 2. The number of carbonyl (C=O) groups is 1. The first-order valence-corrected chi connectivity index (χ1v) is 12.2. The van der Waals surface area contributed by atoms with Crippen molar-refractivity contribution in [2.45, 2.75) is 38.9 Å². The molecule has 4 aromatic rings. The Bertz CT molecular complexity index is 1440. The molecular weight excluding hydrogens is 474 g/mol. The van der Waals surface area contributed by atoms with Crippen LogP contribution in [0, 0.1) is 0 Å². The normalized spacial score (nSPS) is 15.9. The van der Waals surface area contributed by atoms with Crippen LogP contribution in [0.15, 0.2) is 42.7 Å². The second kappa shape index (κ2) is 9.85. The fourth-order valence-corrected chi connectivity index (χ4v) is 4.33. The average molecular weight is 506 g/mol. The Morgan fingerprint density at radius 1 is 1.16 bits per heavy atom. The summed E-state index contributed by atoms with van der Waals surface area (Å²) in [6.45, 7) is 6.77. The number of nitrogens with zero attached hydrogens (tertiary/aromatic N) is 5. The Morgan fingerprint density at radius 3 is 2.78 bits per heavy atom. The summed E-state index contributed by atoms with van der Waals surface area (Å²) < 4.78 is 24.3. The second-order valence-electron chi connectivity index (χ2n) is 10.1. The lowest BCUT2D eigenvalue weighted by Gasteiger charge is -2.24. The molecule has 3 aromatic heterocycles. The van der Waals surface area contributed by atoms with Crippen LogP contribution in [0.4, 0.5) is 4.79 Å². The van der Waals surface area contributed by atoms with E-state index in [1.807, 2.05) is 64.3 Å². The van der Waals surface area contributed by atoms with Crippen LogP contribution in [0.1, 0.15) is 27.2 Å². The largest absolute Gasteiger partial charge is 0.487 e. The van der Waals surface area contributed by atoms with Gasteiger partial charge >= 0.3 is 6.09 Å². The molecule has 1 amide bonds. The van der Waals surface area contributed by atoms with Crippen molar-refractivity contribution in [3.05, 3.63) is 42.7 Å². The van der Waals surface area contributed by atoms with Crippen molar-refractivity contribution in [3.63, 3.8) is 0 Å². The Morgan fingerprint density at radius 2 is 2.00 bits per heavy atom. The highest BCUT2D eigenvalue weighted by molar-refractivity contribution is 5.89. The van der Waals surface area contributed by atoms with E-state index >= 15 is 0 Å². The van der Waals surface area contributed by atoms with Crippen molar-refractivity contribution in [2.75, 3.05) is 27.0 Å². The molecule has 1 aliphatic heterocycles. The standard InChI is InChI=1S/C27H31N5O5/c1-27(2,3)37-26(33)32-9-8-19(15-32)36-20-10-17-6-7-22(29-25(17)28-13-20)21-11-18-14-31(4)30-23(18)12-24(21)35-16-34-5/h6-7,10-14,19H,8-9,15-16H2,1-5H3/t19-/m1/s1. The number of hydrogen-bond donors (Lipinski definition) is 0. The molecule has 0 N–H and O–H groups in total. The molecule has 4 heterocycles. The first kappa shape index (κ1) is 24.8. The van der Waals surface area contributed by atoms with Gasteiger partial charge in [0.25, 0.3) is 0 Å². The number of likely N-dealkylation sites (tertiary alicyclic amines) is 1. The van der Waals surface area contributed by atoms with E-state index in [0.29, 0.717) is 30.2 Å². The first-order valence-electron chi connectivity index (χ1n) is 12.2. The lowest BCUT2D eigenvalue weighted by atomic mass is 10.1.